The molecule has 4 heteroatoms. The second-order valence-corrected chi connectivity index (χ2v) is 14.2. The summed E-state index contributed by atoms with van der Waals surface area (Å²) in [7, 11) is 0. The van der Waals surface area contributed by atoms with Crippen molar-refractivity contribution in [3.63, 3.8) is 0 Å². The molecule has 1 fully saturated rings. The summed E-state index contributed by atoms with van der Waals surface area (Å²) in [6, 6.07) is 0. The van der Waals surface area contributed by atoms with Crippen LogP contribution in [0.2, 0.25) is 3.93 Å². The van der Waals surface area contributed by atoms with E-state index in [1.807, 2.05) is 0 Å². The van der Waals surface area contributed by atoms with Gasteiger partial charge in [-0.2, -0.15) is 0 Å². The summed E-state index contributed by atoms with van der Waals surface area (Å²) < 4.78 is 1.26. The molecule has 0 spiro atoms. The van der Waals surface area contributed by atoms with Gasteiger partial charge in [0.1, 0.15) is 0 Å². The van der Waals surface area contributed by atoms with Crippen molar-refractivity contribution in [2.75, 3.05) is 0 Å². The van der Waals surface area contributed by atoms with Gasteiger partial charge >= 0.3 is 86.2 Å². The number of rotatable bonds is 2. The van der Waals surface area contributed by atoms with Gasteiger partial charge in [-0.15, -0.1) is 0 Å². The average molecular weight is 410 g/mol. The van der Waals surface area contributed by atoms with E-state index >= 15 is 0 Å². The summed E-state index contributed by atoms with van der Waals surface area (Å²) in [5.41, 5.74) is -0.0559. The molecule has 1 atom stereocenters. The van der Waals surface area contributed by atoms with Crippen molar-refractivity contribution in [3.8, 4) is 0 Å². The fraction of sp³-hybridized carbons (Fsp3) is 1.00. The van der Waals surface area contributed by atoms with Crippen molar-refractivity contribution < 1.29 is 31.9 Å². The number of halogens is 1. The number of hydrogen-bond donors (Lipinski definition) is 0. The average Bonchev–Trinajstić information content (AvgIpc) is 1.94. The van der Waals surface area contributed by atoms with Gasteiger partial charge in [-0.25, -0.2) is 0 Å². The monoisotopic (exact) mass is 410 g/mol. The zero-order chi connectivity index (χ0) is 8.32. The van der Waals surface area contributed by atoms with Crippen LogP contribution in [0.5, 0.6) is 0 Å². The Morgan fingerprint density at radius 3 is 2.82 bits per heavy atom. The first-order valence-electron chi connectivity index (χ1n) is 4.04. The molecule has 1 unspecified atom stereocenters. The Bertz CT molecular complexity index is 120. The Kier molecular flexibility index (Phi) is 4.30. The van der Waals surface area contributed by atoms with E-state index < -0.39 is 22.1 Å². The van der Waals surface area contributed by atoms with Crippen LogP contribution in [-0.2, 0) is 31.9 Å². The van der Waals surface area contributed by atoms with Crippen molar-refractivity contribution in [2.24, 2.45) is 0 Å². The molecular formula is C7H13BrHgO2. The van der Waals surface area contributed by atoms with Gasteiger partial charge in [0.15, 0.2) is 0 Å². The molecule has 11 heavy (non-hydrogen) atoms. The first kappa shape index (κ1) is 10.4. The van der Waals surface area contributed by atoms with Gasteiger partial charge in [0.2, 0.25) is 0 Å². The van der Waals surface area contributed by atoms with Gasteiger partial charge in [-0.1, -0.05) is 0 Å². The summed E-state index contributed by atoms with van der Waals surface area (Å²) in [5.74, 6) is 0. The zero-order valence-corrected chi connectivity index (χ0v) is 14.2. The summed E-state index contributed by atoms with van der Waals surface area (Å²) in [6.45, 7) is 4.14. The van der Waals surface area contributed by atoms with Gasteiger partial charge in [0.05, 0.1) is 0 Å². The molecule has 0 aliphatic carbocycles. The molecule has 62 valence electrons. The molecule has 1 heterocycles. The van der Waals surface area contributed by atoms with Gasteiger partial charge < -0.3 is 0 Å². The number of hydrogen-bond acceptors (Lipinski definition) is 2. The van der Waals surface area contributed by atoms with E-state index in [1.165, 1.54) is 10.4 Å². The molecule has 0 bridgehead atoms. The quantitative estimate of drug-likeness (QED) is 0.516. The molecule has 0 aromatic carbocycles. The zero-order valence-electron chi connectivity index (χ0n) is 7.10. The minimum atomic E-state index is -0.688. The Morgan fingerprint density at radius 1 is 1.64 bits per heavy atom. The Morgan fingerprint density at radius 2 is 2.36 bits per heavy atom. The molecule has 1 saturated heterocycles. The van der Waals surface area contributed by atoms with E-state index in [4.69, 9.17) is 9.78 Å². The summed E-state index contributed by atoms with van der Waals surface area (Å²) in [6.07, 6.45) is 2.68. The SMILES string of the molecule is CC1(C)CCC([CH2][Hg][Br])OO1. The van der Waals surface area contributed by atoms with Crippen molar-refractivity contribution in [1.82, 2.24) is 0 Å². The van der Waals surface area contributed by atoms with Crippen LogP contribution in [-0.4, -0.2) is 11.7 Å². The topological polar surface area (TPSA) is 18.5 Å². The predicted octanol–water partition coefficient (Wildman–Crippen LogP) is 2.69. The van der Waals surface area contributed by atoms with Crippen molar-refractivity contribution in [3.05, 3.63) is 0 Å². The summed E-state index contributed by atoms with van der Waals surface area (Å²) in [4.78, 5) is 10.5. The van der Waals surface area contributed by atoms with Crippen LogP contribution in [0.15, 0.2) is 0 Å². The standard InChI is InChI=1S/C7H13O2.BrH.Hg/c1-6-4-5-7(2,3)9-8-6;;/h6H,1,4-5H2,2-3H3;1H;/q;;+1/p-1. The van der Waals surface area contributed by atoms with Crippen LogP contribution in [0.1, 0.15) is 26.7 Å². The summed E-state index contributed by atoms with van der Waals surface area (Å²) in [5, 5.41) is 0. The van der Waals surface area contributed by atoms with Crippen LogP contribution in [0.3, 0.4) is 0 Å². The molecule has 1 aliphatic rings. The Balaban J connectivity index is 2.25. The maximum absolute atomic E-state index is 5.26. The van der Waals surface area contributed by atoms with Crippen LogP contribution >= 0.6 is 11.9 Å². The third kappa shape index (κ3) is 3.70. The molecule has 1 rings (SSSR count). The van der Waals surface area contributed by atoms with Gasteiger partial charge in [0.25, 0.3) is 0 Å². The normalized spacial score (nSPS) is 29.5. The fourth-order valence-corrected chi connectivity index (χ4v) is 8.03. The van der Waals surface area contributed by atoms with E-state index in [1.54, 1.807) is 0 Å². The third-order valence-corrected chi connectivity index (χ3v) is 9.28. The van der Waals surface area contributed by atoms with Gasteiger partial charge in [0, 0.05) is 0 Å². The molecule has 0 radical (unpaired) electrons. The van der Waals surface area contributed by atoms with E-state index in [0.717, 1.165) is 6.42 Å². The van der Waals surface area contributed by atoms with Gasteiger partial charge in [-0.3, -0.25) is 0 Å². The molecule has 0 saturated carbocycles. The Labute approximate surface area is 85.6 Å². The molecule has 0 amide bonds. The molecule has 0 N–H and O–H groups in total. The van der Waals surface area contributed by atoms with Crippen LogP contribution < -0.4 is 0 Å². The van der Waals surface area contributed by atoms with Gasteiger partial charge in [-0.05, 0) is 0 Å². The molecule has 0 aromatic heterocycles. The molecule has 0 aromatic rings. The van der Waals surface area contributed by atoms with E-state index in [-0.39, 0.29) is 5.60 Å². The predicted molar refractivity (Wildman–Crippen MR) is 43.0 cm³/mol. The Hall–Kier alpha value is 1.34. The van der Waals surface area contributed by atoms with Crippen LogP contribution in [0.4, 0.5) is 0 Å². The first-order chi connectivity index (χ1) is 5.14. The molecule has 2 nitrogen and oxygen atoms in total. The van der Waals surface area contributed by atoms with Crippen LogP contribution in [0.25, 0.3) is 0 Å². The summed E-state index contributed by atoms with van der Waals surface area (Å²) >= 11 is 2.91. The second kappa shape index (κ2) is 4.54. The minimum absolute atomic E-state index is 0.0559. The third-order valence-electron chi connectivity index (χ3n) is 1.91. The van der Waals surface area contributed by atoms with Crippen molar-refractivity contribution in [2.45, 2.75) is 42.3 Å². The van der Waals surface area contributed by atoms with E-state index in [0.29, 0.717) is 6.10 Å². The molecular weight excluding hydrogens is 397 g/mol. The van der Waals surface area contributed by atoms with Crippen LogP contribution in [0, 0.1) is 0 Å². The molecule has 1 aliphatic heterocycles. The first-order valence-corrected chi connectivity index (χ1v) is 19.9. The van der Waals surface area contributed by atoms with Crippen molar-refractivity contribution in [1.29, 1.82) is 0 Å². The van der Waals surface area contributed by atoms with E-state index in [2.05, 4.69) is 25.8 Å². The fourth-order valence-electron chi connectivity index (χ4n) is 1.11. The van der Waals surface area contributed by atoms with Crippen molar-refractivity contribution >= 4 is 11.9 Å². The van der Waals surface area contributed by atoms with E-state index in [9.17, 15) is 0 Å². The second-order valence-electron chi connectivity index (χ2n) is 3.58. The maximum atomic E-state index is 5.26.